The Morgan fingerprint density at radius 2 is 1.86 bits per heavy atom. The summed E-state index contributed by atoms with van der Waals surface area (Å²) >= 11 is 0. The van der Waals surface area contributed by atoms with Gasteiger partial charge in [-0.1, -0.05) is 54.6 Å². The minimum atomic E-state index is 0.172. The van der Waals surface area contributed by atoms with Crippen molar-refractivity contribution in [3.05, 3.63) is 78.4 Å². The van der Waals surface area contributed by atoms with E-state index in [1.807, 2.05) is 43.3 Å². The smallest absolute Gasteiger partial charge is 0.160 e. The summed E-state index contributed by atoms with van der Waals surface area (Å²) in [5.74, 6) is 0.680. The van der Waals surface area contributed by atoms with E-state index in [1.165, 1.54) is 12.7 Å². The van der Waals surface area contributed by atoms with Gasteiger partial charge in [0.2, 0.25) is 0 Å². The monoisotopic (exact) mass is 282 g/mol. The molecule has 0 aromatic heterocycles. The summed E-state index contributed by atoms with van der Waals surface area (Å²) in [7, 11) is 1.53. The summed E-state index contributed by atoms with van der Waals surface area (Å²) in [6.45, 7) is 5.65. The quantitative estimate of drug-likeness (QED) is 0.812. The molecule has 0 fully saturated rings. The van der Waals surface area contributed by atoms with Crippen LogP contribution in [0.3, 0.4) is 0 Å². The molecule has 0 saturated heterocycles. The van der Waals surface area contributed by atoms with Crippen LogP contribution in [0.25, 0.3) is 6.08 Å². The molecule has 0 aliphatic rings. The summed E-state index contributed by atoms with van der Waals surface area (Å²) in [5, 5.41) is 9.25. The largest absolute Gasteiger partial charge is 0.504 e. The van der Waals surface area contributed by atoms with Gasteiger partial charge in [0.25, 0.3) is 0 Å². The molecule has 0 unspecified atom stereocenters. The summed E-state index contributed by atoms with van der Waals surface area (Å²) in [5.41, 5.74) is 2.35. The topological polar surface area (TPSA) is 29.5 Å². The zero-order valence-electron chi connectivity index (χ0n) is 12.6. The van der Waals surface area contributed by atoms with Crippen LogP contribution in [0.5, 0.6) is 11.5 Å². The molecule has 2 nitrogen and oxygen atoms in total. The zero-order chi connectivity index (χ0) is 15.5. The zero-order valence-corrected chi connectivity index (χ0v) is 12.6. The molecule has 0 radical (unpaired) electrons. The molecular formula is C19H22O2. The fourth-order valence-corrected chi connectivity index (χ4v) is 1.77. The minimum Gasteiger partial charge on any atom is -0.504 e. The average molecular weight is 282 g/mol. The number of rotatable bonds is 4. The number of benzene rings is 2. The molecule has 110 valence electrons. The maximum Gasteiger partial charge on any atom is 0.160 e. The van der Waals surface area contributed by atoms with Crippen LogP contribution >= 0.6 is 0 Å². The van der Waals surface area contributed by atoms with Crippen LogP contribution < -0.4 is 4.74 Å². The molecule has 2 aromatic rings. The Balaban J connectivity index is 0.000000219. The number of allylic oxidation sites excluding steroid dienone is 2. The molecule has 1 N–H and O–H groups in total. The average Bonchev–Trinajstić information content (AvgIpc) is 2.51. The molecule has 0 atom stereocenters. The highest BCUT2D eigenvalue weighted by molar-refractivity contribution is 5.48. The highest BCUT2D eigenvalue weighted by Gasteiger charge is 2.00. The highest BCUT2D eigenvalue weighted by Crippen LogP contribution is 2.26. The van der Waals surface area contributed by atoms with Crippen LogP contribution in [0.15, 0.2) is 67.3 Å². The van der Waals surface area contributed by atoms with Gasteiger partial charge in [-0.05, 0) is 36.6 Å². The second-order valence-corrected chi connectivity index (χ2v) is 4.41. The Bertz CT molecular complexity index is 571. The SMILES string of the molecule is C=CCc1ccc(O)c(OC)c1.CC=Cc1ccccc1. The van der Waals surface area contributed by atoms with Crippen molar-refractivity contribution >= 4 is 6.08 Å². The van der Waals surface area contributed by atoms with Crippen LogP contribution in [0.2, 0.25) is 0 Å². The third-order valence-corrected chi connectivity index (χ3v) is 2.78. The fourth-order valence-electron chi connectivity index (χ4n) is 1.77. The highest BCUT2D eigenvalue weighted by atomic mass is 16.5. The minimum absolute atomic E-state index is 0.172. The van der Waals surface area contributed by atoms with Gasteiger partial charge in [0.05, 0.1) is 7.11 Å². The van der Waals surface area contributed by atoms with Crippen LogP contribution in [0.4, 0.5) is 0 Å². The first kappa shape index (κ1) is 16.6. The predicted octanol–water partition coefficient (Wildman–Crippen LogP) is 4.85. The molecule has 0 amide bonds. The van der Waals surface area contributed by atoms with E-state index < -0.39 is 0 Å². The van der Waals surface area contributed by atoms with Gasteiger partial charge >= 0.3 is 0 Å². The van der Waals surface area contributed by atoms with Gasteiger partial charge in [0.1, 0.15) is 0 Å². The van der Waals surface area contributed by atoms with Gasteiger partial charge in [-0.2, -0.15) is 0 Å². The number of phenols is 1. The normalized spacial score (nSPS) is 9.81. The van der Waals surface area contributed by atoms with Gasteiger partial charge in [0, 0.05) is 0 Å². The molecule has 0 saturated carbocycles. The van der Waals surface area contributed by atoms with E-state index in [9.17, 15) is 5.11 Å². The van der Waals surface area contributed by atoms with Crippen LogP contribution in [-0.4, -0.2) is 12.2 Å². The molecule has 21 heavy (non-hydrogen) atoms. The third-order valence-electron chi connectivity index (χ3n) is 2.78. The van der Waals surface area contributed by atoms with Crippen molar-refractivity contribution in [1.29, 1.82) is 0 Å². The molecule has 0 heterocycles. The van der Waals surface area contributed by atoms with Crippen molar-refractivity contribution in [2.45, 2.75) is 13.3 Å². The molecule has 0 bridgehead atoms. The Morgan fingerprint density at radius 1 is 1.14 bits per heavy atom. The van der Waals surface area contributed by atoms with Gasteiger partial charge in [-0.15, -0.1) is 6.58 Å². The van der Waals surface area contributed by atoms with E-state index in [4.69, 9.17) is 4.74 Å². The van der Waals surface area contributed by atoms with E-state index in [2.05, 4.69) is 24.8 Å². The van der Waals surface area contributed by atoms with Gasteiger partial charge in [0.15, 0.2) is 11.5 Å². The lowest BCUT2D eigenvalue weighted by molar-refractivity contribution is 0.373. The number of aromatic hydroxyl groups is 1. The Kier molecular flexibility index (Phi) is 7.44. The van der Waals surface area contributed by atoms with Gasteiger partial charge in [-0.25, -0.2) is 0 Å². The summed E-state index contributed by atoms with van der Waals surface area (Å²) < 4.78 is 4.95. The van der Waals surface area contributed by atoms with Crippen molar-refractivity contribution in [3.63, 3.8) is 0 Å². The molecule has 2 aromatic carbocycles. The lowest BCUT2D eigenvalue weighted by atomic mass is 10.1. The second kappa shape index (κ2) is 9.43. The number of ether oxygens (including phenoxy) is 1. The third kappa shape index (κ3) is 6.00. The van der Waals surface area contributed by atoms with E-state index in [1.54, 1.807) is 12.1 Å². The number of hydrogen-bond acceptors (Lipinski definition) is 2. The fraction of sp³-hybridized carbons (Fsp3) is 0.158. The van der Waals surface area contributed by atoms with Crippen LogP contribution in [-0.2, 0) is 6.42 Å². The predicted molar refractivity (Wildman–Crippen MR) is 89.7 cm³/mol. The van der Waals surface area contributed by atoms with E-state index in [0.29, 0.717) is 5.75 Å². The second-order valence-electron chi connectivity index (χ2n) is 4.41. The first-order valence-corrected chi connectivity index (χ1v) is 6.85. The van der Waals surface area contributed by atoms with E-state index >= 15 is 0 Å². The maximum atomic E-state index is 9.25. The first-order valence-electron chi connectivity index (χ1n) is 6.85. The molecule has 0 aliphatic carbocycles. The van der Waals surface area contributed by atoms with Crippen LogP contribution in [0, 0.1) is 0 Å². The van der Waals surface area contributed by atoms with E-state index in [-0.39, 0.29) is 5.75 Å². The molecule has 2 heteroatoms. The Morgan fingerprint density at radius 3 is 2.43 bits per heavy atom. The van der Waals surface area contributed by atoms with Crippen molar-refractivity contribution in [1.82, 2.24) is 0 Å². The Labute approximate surface area is 127 Å². The number of hydrogen-bond donors (Lipinski definition) is 1. The summed E-state index contributed by atoms with van der Waals surface area (Å²) in [4.78, 5) is 0. The van der Waals surface area contributed by atoms with Crippen molar-refractivity contribution in [2.24, 2.45) is 0 Å². The van der Waals surface area contributed by atoms with Gasteiger partial charge in [-0.3, -0.25) is 0 Å². The van der Waals surface area contributed by atoms with Gasteiger partial charge < -0.3 is 9.84 Å². The molecule has 0 spiro atoms. The van der Waals surface area contributed by atoms with Crippen molar-refractivity contribution < 1.29 is 9.84 Å². The lowest BCUT2D eigenvalue weighted by Gasteiger charge is -2.04. The lowest BCUT2D eigenvalue weighted by Crippen LogP contribution is -1.86. The Hall–Kier alpha value is -2.48. The molecular weight excluding hydrogens is 260 g/mol. The number of methoxy groups -OCH3 is 1. The summed E-state index contributed by atoms with van der Waals surface area (Å²) in [6, 6.07) is 15.5. The number of phenolic OH excluding ortho intramolecular Hbond substituents is 1. The maximum absolute atomic E-state index is 9.25. The molecule has 2 rings (SSSR count). The standard InChI is InChI=1S/C10H12O2.C9H10/c1-3-4-8-5-6-9(11)10(7-8)12-2;1-2-6-9-7-4-3-5-8-9/h3,5-7,11H,1,4H2,2H3;2-8H,1H3. The van der Waals surface area contributed by atoms with Crippen molar-refractivity contribution in [2.75, 3.05) is 7.11 Å². The first-order chi connectivity index (χ1) is 10.2. The van der Waals surface area contributed by atoms with Crippen molar-refractivity contribution in [3.8, 4) is 11.5 Å². The van der Waals surface area contributed by atoms with Crippen LogP contribution in [0.1, 0.15) is 18.1 Å². The van der Waals surface area contributed by atoms with E-state index in [0.717, 1.165) is 12.0 Å². The summed E-state index contributed by atoms with van der Waals surface area (Å²) in [6.07, 6.45) is 6.72. The molecule has 0 aliphatic heterocycles.